The molecule has 25 heavy (non-hydrogen) atoms. The number of anilines is 1. The van der Waals surface area contributed by atoms with E-state index in [9.17, 15) is 9.90 Å². The number of nitrogens with zero attached hydrogens (tertiary/aromatic N) is 2. The molecule has 4 rings (SSSR count). The molecule has 1 saturated carbocycles. The average molecular weight is 336 g/mol. The lowest BCUT2D eigenvalue weighted by Crippen LogP contribution is -2.29. The minimum Gasteiger partial charge on any atom is -0.391 e. The van der Waals surface area contributed by atoms with E-state index in [2.05, 4.69) is 10.4 Å². The van der Waals surface area contributed by atoms with Crippen molar-refractivity contribution in [3.8, 4) is 11.1 Å². The molecule has 0 spiro atoms. The van der Waals surface area contributed by atoms with Crippen molar-refractivity contribution in [2.75, 3.05) is 5.32 Å². The normalized spacial score (nSPS) is 20.0. The number of nitrogens with two attached hydrogens (primary N) is 1. The molecule has 0 aliphatic heterocycles. The van der Waals surface area contributed by atoms with Crippen molar-refractivity contribution < 1.29 is 9.90 Å². The minimum absolute atomic E-state index is 0.0839. The summed E-state index contributed by atoms with van der Waals surface area (Å²) in [5, 5.41) is 17.8. The number of amides is 1. The van der Waals surface area contributed by atoms with E-state index in [-0.39, 0.29) is 6.04 Å². The number of aliphatic hydroxyl groups excluding tert-OH is 1. The molecular weight excluding hydrogens is 316 g/mol. The van der Waals surface area contributed by atoms with Crippen LogP contribution in [0.15, 0.2) is 48.8 Å². The fourth-order valence-electron chi connectivity index (χ4n) is 3.48. The third-order valence-electron chi connectivity index (χ3n) is 4.82. The van der Waals surface area contributed by atoms with Crippen molar-refractivity contribution >= 4 is 17.1 Å². The van der Waals surface area contributed by atoms with E-state index in [1.807, 2.05) is 42.6 Å². The summed E-state index contributed by atoms with van der Waals surface area (Å²) >= 11 is 0. The Morgan fingerprint density at radius 3 is 2.72 bits per heavy atom. The highest BCUT2D eigenvalue weighted by molar-refractivity contribution is 6.02. The Labute approximate surface area is 145 Å². The van der Waals surface area contributed by atoms with Crippen molar-refractivity contribution in [2.24, 2.45) is 5.73 Å². The number of carbonyl (C=O) groups excluding carboxylic acids is 1. The molecule has 4 N–H and O–H groups in total. The first kappa shape index (κ1) is 15.7. The molecule has 1 aliphatic rings. The van der Waals surface area contributed by atoms with Gasteiger partial charge in [0.2, 0.25) is 0 Å². The van der Waals surface area contributed by atoms with E-state index in [0.29, 0.717) is 11.3 Å². The summed E-state index contributed by atoms with van der Waals surface area (Å²) < 4.78 is 1.73. The van der Waals surface area contributed by atoms with Crippen molar-refractivity contribution in [3.63, 3.8) is 0 Å². The molecule has 3 aromatic rings. The van der Waals surface area contributed by atoms with Gasteiger partial charge in [-0.1, -0.05) is 30.3 Å². The fourth-order valence-corrected chi connectivity index (χ4v) is 3.48. The topological polar surface area (TPSA) is 92.7 Å². The van der Waals surface area contributed by atoms with Crippen LogP contribution in [0.2, 0.25) is 0 Å². The van der Waals surface area contributed by atoms with Crippen LogP contribution < -0.4 is 11.1 Å². The monoisotopic (exact) mass is 336 g/mol. The quantitative estimate of drug-likeness (QED) is 0.682. The van der Waals surface area contributed by atoms with E-state index in [1.165, 1.54) is 6.20 Å². The lowest BCUT2D eigenvalue weighted by Gasteiger charge is -2.20. The Morgan fingerprint density at radius 1 is 1.24 bits per heavy atom. The van der Waals surface area contributed by atoms with E-state index >= 15 is 0 Å². The summed E-state index contributed by atoms with van der Waals surface area (Å²) in [5.41, 5.74) is 9.36. The number of aliphatic hydroxyl groups is 1. The van der Waals surface area contributed by atoms with Crippen LogP contribution in [0, 0.1) is 0 Å². The largest absolute Gasteiger partial charge is 0.391 e. The molecule has 2 atom stereocenters. The second-order valence-corrected chi connectivity index (χ2v) is 6.47. The number of fused-ring (bicyclic) bond motifs is 1. The van der Waals surface area contributed by atoms with Crippen LogP contribution in [0.3, 0.4) is 0 Å². The van der Waals surface area contributed by atoms with Gasteiger partial charge < -0.3 is 16.2 Å². The van der Waals surface area contributed by atoms with Gasteiger partial charge in [-0.3, -0.25) is 4.79 Å². The summed E-state index contributed by atoms with van der Waals surface area (Å²) in [7, 11) is 0. The van der Waals surface area contributed by atoms with Gasteiger partial charge in [0.25, 0.3) is 5.91 Å². The Hall–Kier alpha value is -2.86. The molecule has 0 bridgehead atoms. The number of nitrogens with one attached hydrogen (secondary N) is 1. The van der Waals surface area contributed by atoms with E-state index in [1.54, 1.807) is 4.52 Å². The fraction of sp³-hybridized carbons (Fsp3) is 0.263. The van der Waals surface area contributed by atoms with Crippen LogP contribution in [0.25, 0.3) is 16.6 Å². The molecule has 128 valence electrons. The maximum Gasteiger partial charge on any atom is 0.252 e. The van der Waals surface area contributed by atoms with Crippen molar-refractivity contribution in [3.05, 3.63) is 54.4 Å². The third kappa shape index (κ3) is 2.85. The first-order valence-electron chi connectivity index (χ1n) is 8.44. The van der Waals surface area contributed by atoms with Gasteiger partial charge >= 0.3 is 0 Å². The molecule has 0 saturated heterocycles. The lowest BCUT2D eigenvalue weighted by molar-refractivity contribution is 0.1000. The van der Waals surface area contributed by atoms with Gasteiger partial charge in [-0.25, -0.2) is 4.52 Å². The average Bonchev–Trinajstić information content (AvgIpc) is 3.22. The maximum absolute atomic E-state index is 11.9. The zero-order valence-electron chi connectivity index (χ0n) is 13.7. The number of hydrogen-bond donors (Lipinski definition) is 3. The summed E-state index contributed by atoms with van der Waals surface area (Å²) in [6, 6.07) is 11.9. The van der Waals surface area contributed by atoms with E-state index in [0.717, 1.165) is 35.9 Å². The highest BCUT2D eigenvalue weighted by Gasteiger charge is 2.27. The molecule has 0 unspecified atom stereocenters. The van der Waals surface area contributed by atoms with E-state index < -0.39 is 12.0 Å². The van der Waals surface area contributed by atoms with Gasteiger partial charge in [-0.15, -0.1) is 0 Å². The Kier molecular flexibility index (Phi) is 3.89. The van der Waals surface area contributed by atoms with E-state index in [4.69, 9.17) is 5.73 Å². The summed E-state index contributed by atoms with van der Waals surface area (Å²) in [6.45, 7) is 0. The summed E-state index contributed by atoms with van der Waals surface area (Å²) in [6.07, 6.45) is 5.57. The molecule has 1 aliphatic carbocycles. The minimum atomic E-state index is -0.535. The second-order valence-electron chi connectivity index (χ2n) is 6.47. The summed E-state index contributed by atoms with van der Waals surface area (Å²) in [4.78, 5) is 11.9. The molecule has 0 radical (unpaired) electrons. The molecule has 1 aromatic carbocycles. The number of hydrogen-bond acceptors (Lipinski definition) is 4. The first-order valence-corrected chi connectivity index (χ1v) is 8.44. The number of carbonyl (C=O) groups is 1. The SMILES string of the molecule is NC(=O)c1cnn2cc(-c3ccccc3)cc2c1N[C@@H]1CCC[C@H]1O. The van der Waals surface area contributed by atoms with Gasteiger partial charge in [0.05, 0.1) is 35.1 Å². The van der Waals surface area contributed by atoms with Crippen LogP contribution >= 0.6 is 0 Å². The molecule has 2 heterocycles. The Balaban J connectivity index is 1.83. The first-order chi connectivity index (χ1) is 12.1. The van der Waals surface area contributed by atoms with Crippen LogP contribution in [0.4, 0.5) is 5.69 Å². The van der Waals surface area contributed by atoms with Gasteiger partial charge in [-0.05, 0) is 30.9 Å². The zero-order valence-corrected chi connectivity index (χ0v) is 13.7. The molecular formula is C19H20N4O2. The molecule has 1 amide bonds. The van der Waals surface area contributed by atoms with Crippen molar-refractivity contribution in [1.82, 2.24) is 9.61 Å². The standard InChI is InChI=1S/C19H20N4O2/c20-19(25)14-10-21-23-11-13(12-5-2-1-3-6-12)9-16(23)18(14)22-15-7-4-8-17(15)24/h1-3,5-6,9-11,15,17,22,24H,4,7-8H2,(H2,20,25)/t15-,17-/m1/s1. The molecule has 1 fully saturated rings. The molecule has 6 heteroatoms. The third-order valence-corrected chi connectivity index (χ3v) is 4.82. The lowest BCUT2D eigenvalue weighted by atomic mass is 10.1. The van der Waals surface area contributed by atoms with Crippen LogP contribution in [0.5, 0.6) is 0 Å². The van der Waals surface area contributed by atoms with Gasteiger partial charge in [0.15, 0.2) is 0 Å². The van der Waals surface area contributed by atoms with Crippen LogP contribution in [0.1, 0.15) is 29.6 Å². The molecule has 6 nitrogen and oxygen atoms in total. The Bertz CT molecular complexity index is 920. The number of primary amides is 1. The van der Waals surface area contributed by atoms with Crippen molar-refractivity contribution in [2.45, 2.75) is 31.4 Å². The van der Waals surface area contributed by atoms with Gasteiger partial charge in [0, 0.05) is 11.8 Å². The maximum atomic E-state index is 11.9. The molecule has 2 aromatic heterocycles. The number of aromatic nitrogens is 2. The Morgan fingerprint density at radius 2 is 2.04 bits per heavy atom. The predicted octanol–water partition coefficient (Wildman–Crippen LogP) is 2.43. The van der Waals surface area contributed by atoms with Crippen LogP contribution in [-0.2, 0) is 0 Å². The van der Waals surface area contributed by atoms with Gasteiger partial charge in [-0.2, -0.15) is 5.10 Å². The number of rotatable bonds is 4. The van der Waals surface area contributed by atoms with Gasteiger partial charge in [0.1, 0.15) is 0 Å². The summed E-state index contributed by atoms with van der Waals surface area (Å²) in [5.74, 6) is -0.535. The second kappa shape index (κ2) is 6.22. The predicted molar refractivity (Wildman–Crippen MR) is 96.4 cm³/mol. The highest BCUT2D eigenvalue weighted by Crippen LogP contribution is 2.31. The zero-order chi connectivity index (χ0) is 17.4. The van der Waals surface area contributed by atoms with Crippen LogP contribution in [-0.4, -0.2) is 32.8 Å². The number of benzene rings is 1. The van der Waals surface area contributed by atoms with Crippen molar-refractivity contribution in [1.29, 1.82) is 0 Å². The highest BCUT2D eigenvalue weighted by atomic mass is 16.3. The smallest absolute Gasteiger partial charge is 0.252 e.